The molecule has 0 aromatic heterocycles. The quantitative estimate of drug-likeness (QED) is 0.801. The topological polar surface area (TPSA) is 57.6 Å². The lowest BCUT2D eigenvalue weighted by atomic mass is 10.2. The van der Waals surface area contributed by atoms with Crippen LogP contribution in [0.1, 0.15) is 19.4 Å². The third-order valence-electron chi connectivity index (χ3n) is 2.52. The Hall–Kier alpha value is -0.910. The van der Waals surface area contributed by atoms with Gasteiger partial charge in [0.2, 0.25) is 0 Å². The molecular formula is C11H17NO3S. The van der Waals surface area contributed by atoms with Crippen molar-refractivity contribution in [1.82, 2.24) is 4.90 Å². The molecule has 1 aromatic rings. The van der Waals surface area contributed by atoms with E-state index >= 15 is 0 Å². The zero-order valence-corrected chi connectivity index (χ0v) is 10.4. The second kappa shape index (κ2) is 5.43. The fourth-order valence-electron chi connectivity index (χ4n) is 1.47. The summed E-state index contributed by atoms with van der Waals surface area (Å²) >= 11 is 0. The molecule has 1 rings (SSSR count). The number of benzene rings is 1. The highest BCUT2D eigenvalue weighted by Crippen LogP contribution is 2.11. The van der Waals surface area contributed by atoms with Crippen molar-refractivity contribution in [2.75, 3.05) is 13.1 Å². The fraction of sp³-hybridized carbons (Fsp3) is 0.455. The van der Waals surface area contributed by atoms with Crippen molar-refractivity contribution in [3.05, 3.63) is 29.8 Å². The molecule has 0 radical (unpaired) electrons. The molecule has 0 spiro atoms. The summed E-state index contributed by atoms with van der Waals surface area (Å²) in [5, 5.41) is 0. The maximum Gasteiger partial charge on any atom is 0.294 e. The Kier molecular flexibility index (Phi) is 4.46. The van der Waals surface area contributed by atoms with E-state index in [9.17, 15) is 8.42 Å². The third kappa shape index (κ3) is 3.59. The van der Waals surface area contributed by atoms with Gasteiger partial charge < -0.3 is 0 Å². The Labute approximate surface area is 96.6 Å². The van der Waals surface area contributed by atoms with Crippen LogP contribution in [0.2, 0.25) is 0 Å². The first-order valence-corrected chi connectivity index (χ1v) is 6.70. The van der Waals surface area contributed by atoms with E-state index in [0.717, 1.165) is 25.2 Å². The third-order valence-corrected chi connectivity index (χ3v) is 3.39. The predicted molar refractivity (Wildman–Crippen MR) is 62.9 cm³/mol. The maximum absolute atomic E-state index is 10.8. The van der Waals surface area contributed by atoms with Crippen LogP contribution >= 0.6 is 0 Å². The molecule has 16 heavy (non-hydrogen) atoms. The van der Waals surface area contributed by atoms with E-state index in [1.54, 1.807) is 12.1 Å². The van der Waals surface area contributed by atoms with Crippen LogP contribution in [0.25, 0.3) is 0 Å². The molecule has 0 fully saturated rings. The molecule has 0 saturated carbocycles. The summed E-state index contributed by atoms with van der Waals surface area (Å²) in [6.07, 6.45) is 0. The molecule has 0 unspecified atom stereocenters. The number of rotatable bonds is 5. The van der Waals surface area contributed by atoms with Gasteiger partial charge in [0.15, 0.2) is 0 Å². The standard InChI is InChI=1S/C11H17NO3S/c1-3-12(4-2)9-10-5-7-11(8-6-10)16(13,14)15/h5-8H,3-4,9H2,1-2H3,(H,13,14,15). The highest BCUT2D eigenvalue weighted by Gasteiger charge is 2.09. The molecule has 0 heterocycles. The Balaban J connectivity index is 2.80. The van der Waals surface area contributed by atoms with Gasteiger partial charge in [-0.3, -0.25) is 9.45 Å². The van der Waals surface area contributed by atoms with Crippen LogP contribution in [0.5, 0.6) is 0 Å². The van der Waals surface area contributed by atoms with Gasteiger partial charge >= 0.3 is 0 Å². The van der Waals surface area contributed by atoms with Crippen molar-refractivity contribution in [2.45, 2.75) is 25.3 Å². The van der Waals surface area contributed by atoms with Crippen LogP contribution in [0, 0.1) is 0 Å². The van der Waals surface area contributed by atoms with Gasteiger partial charge in [-0.15, -0.1) is 0 Å². The van der Waals surface area contributed by atoms with Crippen molar-refractivity contribution in [1.29, 1.82) is 0 Å². The highest BCUT2D eigenvalue weighted by molar-refractivity contribution is 7.85. The SMILES string of the molecule is CCN(CC)Cc1ccc(S(=O)(=O)O)cc1. The van der Waals surface area contributed by atoms with Gasteiger partial charge in [0.25, 0.3) is 10.1 Å². The van der Waals surface area contributed by atoms with E-state index in [0.29, 0.717) is 0 Å². The molecule has 0 saturated heterocycles. The van der Waals surface area contributed by atoms with Crippen LogP contribution in [0.3, 0.4) is 0 Å². The molecule has 0 atom stereocenters. The molecule has 4 nitrogen and oxygen atoms in total. The minimum Gasteiger partial charge on any atom is -0.300 e. The number of nitrogens with zero attached hydrogens (tertiary/aromatic N) is 1. The summed E-state index contributed by atoms with van der Waals surface area (Å²) in [7, 11) is -4.07. The minimum atomic E-state index is -4.07. The molecule has 90 valence electrons. The van der Waals surface area contributed by atoms with Crippen LogP contribution in [-0.2, 0) is 16.7 Å². The number of hydrogen-bond donors (Lipinski definition) is 1. The van der Waals surface area contributed by atoms with Crippen molar-refractivity contribution >= 4 is 10.1 Å². The lowest BCUT2D eigenvalue weighted by molar-refractivity contribution is 0.296. The van der Waals surface area contributed by atoms with Gasteiger partial charge in [-0.05, 0) is 30.8 Å². The normalized spacial score (nSPS) is 12.0. The molecule has 1 aromatic carbocycles. The summed E-state index contributed by atoms with van der Waals surface area (Å²) < 4.78 is 30.5. The lowest BCUT2D eigenvalue weighted by Crippen LogP contribution is -2.22. The first-order valence-electron chi connectivity index (χ1n) is 5.26. The molecular weight excluding hydrogens is 226 g/mol. The van der Waals surface area contributed by atoms with E-state index in [1.807, 2.05) is 0 Å². The Morgan fingerprint density at radius 3 is 2.00 bits per heavy atom. The van der Waals surface area contributed by atoms with Gasteiger partial charge in [0.05, 0.1) is 4.90 Å². The fourth-order valence-corrected chi connectivity index (χ4v) is 1.95. The van der Waals surface area contributed by atoms with E-state index < -0.39 is 10.1 Å². The molecule has 0 aliphatic carbocycles. The second-order valence-corrected chi connectivity index (χ2v) is 5.00. The molecule has 0 amide bonds. The molecule has 0 aliphatic heterocycles. The van der Waals surface area contributed by atoms with Crippen LogP contribution in [0.15, 0.2) is 29.2 Å². The summed E-state index contributed by atoms with van der Waals surface area (Å²) in [6, 6.07) is 6.30. The average molecular weight is 243 g/mol. The number of hydrogen-bond acceptors (Lipinski definition) is 3. The van der Waals surface area contributed by atoms with Crippen molar-refractivity contribution < 1.29 is 13.0 Å². The highest BCUT2D eigenvalue weighted by atomic mass is 32.2. The van der Waals surface area contributed by atoms with Gasteiger partial charge in [-0.25, -0.2) is 0 Å². The minimum absolute atomic E-state index is 0.0594. The van der Waals surface area contributed by atoms with E-state index in [2.05, 4.69) is 18.7 Å². The summed E-state index contributed by atoms with van der Waals surface area (Å²) in [6.45, 7) is 6.86. The second-order valence-electron chi connectivity index (χ2n) is 3.58. The zero-order chi connectivity index (χ0) is 12.2. The summed E-state index contributed by atoms with van der Waals surface area (Å²) in [4.78, 5) is 2.17. The molecule has 5 heteroatoms. The van der Waals surface area contributed by atoms with E-state index in [-0.39, 0.29) is 4.90 Å². The first-order chi connectivity index (χ1) is 7.47. The van der Waals surface area contributed by atoms with Crippen LogP contribution in [-0.4, -0.2) is 31.0 Å². The van der Waals surface area contributed by atoms with Gasteiger partial charge in [-0.1, -0.05) is 26.0 Å². The molecule has 0 bridgehead atoms. The lowest BCUT2D eigenvalue weighted by Gasteiger charge is -2.17. The zero-order valence-electron chi connectivity index (χ0n) is 9.55. The van der Waals surface area contributed by atoms with Crippen LogP contribution in [0.4, 0.5) is 0 Å². The smallest absolute Gasteiger partial charge is 0.294 e. The summed E-state index contributed by atoms with van der Waals surface area (Å²) in [5.41, 5.74) is 1.04. The Bertz CT molecular complexity index is 421. The van der Waals surface area contributed by atoms with Gasteiger partial charge in [-0.2, -0.15) is 8.42 Å². The van der Waals surface area contributed by atoms with E-state index in [1.165, 1.54) is 12.1 Å². The summed E-state index contributed by atoms with van der Waals surface area (Å²) in [5.74, 6) is 0. The largest absolute Gasteiger partial charge is 0.300 e. The predicted octanol–water partition coefficient (Wildman–Crippen LogP) is 1.78. The van der Waals surface area contributed by atoms with Gasteiger partial charge in [0, 0.05) is 6.54 Å². The Morgan fingerprint density at radius 2 is 1.62 bits per heavy atom. The molecule has 1 N–H and O–H groups in total. The maximum atomic E-state index is 10.8. The monoisotopic (exact) mass is 243 g/mol. The van der Waals surface area contributed by atoms with Crippen molar-refractivity contribution in [3.8, 4) is 0 Å². The van der Waals surface area contributed by atoms with Crippen LogP contribution < -0.4 is 0 Å². The first kappa shape index (κ1) is 13.2. The Morgan fingerprint density at radius 1 is 1.12 bits per heavy atom. The van der Waals surface area contributed by atoms with E-state index in [4.69, 9.17) is 4.55 Å². The average Bonchev–Trinajstić information content (AvgIpc) is 2.25. The van der Waals surface area contributed by atoms with Gasteiger partial charge in [0.1, 0.15) is 0 Å². The molecule has 0 aliphatic rings. The van der Waals surface area contributed by atoms with Crippen molar-refractivity contribution in [3.63, 3.8) is 0 Å². The van der Waals surface area contributed by atoms with Crippen molar-refractivity contribution in [2.24, 2.45) is 0 Å².